The number of ether oxygens (including phenoxy) is 1. The van der Waals surface area contributed by atoms with E-state index in [1.165, 1.54) is 11.3 Å². The molecule has 0 aliphatic rings. The Labute approximate surface area is 112 Å². The zero-order valence-electron chi connectivity index (χ0n) is 11.4. The van der Waals surface area contributed by atoms with Gasteiger partial charge in [-0.15, -0.1) is 11.3 Å². The summed E-state index contributed by atoms with van der Waals surface area (Å²) >= 11 is 1.46. The number of nitrogens with one attached hydrogen (secondary N) is 1. The summed E-state index contributed by atoms with van der Waals surface area (Å²) in [6, 6.07) is 0. The van der Waals surface area contributed by atoms with Gasteiger partial charge in [0, 0.05) is 26.8 Å². The first-order chi connectivity index (χ1) is 8.54. The van der Waals surface area contributed by atoms with Gasteiger partial charge in [-0.2, -0.15) is 0 Å². The van der Waals surface area contributed by atoms with Crippen LogP contribution in [0.1, 0.15) is 26.8 Å². The van der Waals surface area contributed by atoms with Crippen LogP contribution in [-0.4, -0.2) is 50.1 Å². The molecule has 1 aromatic rings. The van der Waals surface area contributed by atoms with Gasteiger partial charge in [-0.25, -0.2) is 4.98 Å². The van der Waals surface area contributed by atoms with Crippen LogP contribution >= 0.6 is 11.3 Å². The van der Waals surface area contributed by atoms with Crippen molar-refractivity contribution < 1.29 is 9.53 Å². The molecule has 1 heterocycles. The number of methoxy groups -OCH3 is 1. The molecule has 5 nitrogen and oxygen atoms in total. The number of hydrogen-bond donors (Lipinski definition) is 1. The van der Waals surface area contributed by atoms with Crippen LogP contribution in [0.25, 0.3) is 0 Å². The van der Waals surface area contributed by atoms with Crippen molar-refractivity contribution >= 4 is 17.2 Å². The predicted octanol–water partition coefficient (Wildman–Crippen LogP) is 1.28. The molecule has 0 aliphatic carbocycles. The Hall–Kier alpha value is -0.980. The first-order valence-corrected chi connectivity index (χ1v) is 6.74. The van der Waals surface area contributed by atoms with Crippen LogP contribution in [0, 0.1) is 6.92 Å². The van der Waals surface area contributed by atoms with Gasteiger partial charge in [-0.1, -0.05) is 0 Å². The van der Waals surface area contributed by atoms with Gasteiger partial charge in [-0.3, -0.25) is 4.79 Å². The van der Waals surface area contributed by atoms with E-state index < -0.39 is 0 Å². The summed E-state index contributed by atoms with van der Waals surface area (Å²) in [5.74, 6) is -0.0360. The molecule has 1 aromatic heterocycles. The second-order valence-corrected chi connectivity index (χ2v) is 5.45. The summed E-state index contributed by atoms with van der Waals surface area (Å²) in [5.41, 5.74) is 0.807. The van der Waals surface area contributed by atoms with Crippen LogP contribution < -0.4 is 5.32 Å². The smallest absolute Gasteiger partial charge is 0.263 e. The lowest BCUT2D eigenvalue weighted by Crippen LogP contribution is -2.25. The molecule has 0 saturated heterocycles. The fraction of sp³-hybridized carbons (Fsp3) is 0.667. The highest BCUT2D eigenvalue weighted by Gasteiger charge is 2.14. The fourth-order valence-corrected chi connectivity index (χ4v) is 2.60. The molecule has 0 radical (unpaired) electrons. The first-order valence-electron chi connectivity index (χ1n) is 5.92. The number of thiazole rings is 1. The van der Waals surface area contributed by atoms with Crippen LogP contribution in [0.5, 0.6) is 0 Å². The zero-order valence-corrected chi connectivity index (χ0v) is 12.3. The van der Waals surface area contributed by atoms with Gasteiger partial charge in [0.15, 0.2) is 0 Å². The van der Waals surface area contributed by atoms with E-state index in [0.29, 0.717) is 18.0 Å². The lowest BCUT2D eigenvalue weighted by atomic mass is 10.3. The standard InChI is InChI=1S/C12H21N3O2S/c1-9-11(12(16)13-6-5-7-17-4)18-10(14-9)8-15(2)3/h5-8H2,1-4H3,(H,13,16). The highest BCUT2D eigenvalue weighted by atomic mass is 32.1. The largest absolute Gasteiger partial charge is 0.385 e. The molecule has 0 atom stereocenters. The molecule has 102 valence electrons. The minimum Gasteiger partial charge on any atom is -0.385 e. The summed E-state index contributed by atoms with van der Waals surface area (Å²) in [4.78, 5) is 19.1. The molecule has 0 spiro atoms. The van der Waals surface area contributed by atoms with Gasteiger partial charge in [0.2, 0.25) is 0 Å². The molecular weight excluding hydrogens is 250 g/mol. The molecule has 0 saturated carbocycles. The average molecular weight is 271 g/mol. The number of aryl methyl sites for hydroxylation is 1. The molecule has 0 aliphatic heterocycles. The van der Waals surface area contributed by atoms with Gasteiger partial charge >= 0.3 is 0 Å². The molecule has 0 bridgehead atoms. The quantitative estimate of drug-likeness (QED) is 0.759. The van der Waals surface area contributed by atoms with E-state index in [2.05, 4.69) is 10.3 Å². The average Bonchev–Trinajstić information content (AvgIpc) is 2.64. The van der Waals surface area contributed by atoms with Crippen LogP contribution in [0.2, 0.25) is 0 Å². The SMILES string of the molecule is COCCCNC(=O)c1sc(CN(C)C)nc1C. The highest BCUT2D eigenvalue weighted by molar-refractivity contribution is 7.13. The summed E-state index contributed by atoms with van der Waals surface area (Å²) in [5, 5.41) is 3.85. The molecule has 0 fully saturated rings. The lowest BCUT2D eigenvalue weighted by Gasteiger charge is -2.05. The van der Waals surface area contributed by atoms with Crippen molar-refractivity contribution in [3.63, 3.8) is 0 Å². The molecule has 0 unspecified atom stereocenters. The number of amides is 1. The third kappa shape index (κ3) is 4.72. The van der Waals surface area contributed by atoms with Crippen LogP contribution in [-0.2, 0) is 11.3 Å². The Morgan fingerprint density at radius 3 is 2.83 bits per heavy atom. The maximum Gasteiger partial charge on any atom is 0.263 e. The third-order valence-electron chi connectivity index (χ3n) is 2.31. The molecule has 1 amide bonds. The minimum absolute atomic E-state index is 0.0360. The van der Waals surface area contributed by atoms with E-state index in [9.17, 15) is 4.79 Å². The predicted molar refractivity (Wildman–Crippen MR) is 73.1 cm³/mol. The van der Waals surface area contributed by atoms with Crippen LogP contribution in [0.3, 0.4) is 0 Å². The monoisotopic (exact) mass is 271 g/mol. The van der Waals surface area contributed by atoms with Gasteiger partial charge in [0.05, 0.1) is 5.69 Å². The number of rotatable bonds is 7. The van der Waals surface area contributed by atoms with E-state index in [4.69, 9.17) is 4.74 Å². The van der Waals surface area contributed by atoms with Crippen LogP contribution in [0.15, 0.2) is 0 Å². The van der Waals surface area contributed by atoms with Crippen molar-refractivity contribution in [1.29, 1.82) is 0 Å². The normalized spacial score (nSPS) is 10.9. The minimum atomic E-state index is -0.0360. The molecule has 1 N–H and O–H groups in total. The molecule has 18 heavy (non-hydrogen) atoms. The number of nitrogens with zero attached hydrogens (tertiary/aromatic N) is 2. The Bertz CT molecular complexity index is 391. The Balaban J connectivity index is 2.54. The van der Waals surface area contributed by atoms with Crippen molar-refractivity contribution in [2.24, 2.45) is 0 Å². The molecular formula is C12H21N3O2S. The lowest BCUT2D eigenvalue weighted by molar-refractivity contribution is 0.0952. The number of carbonyl (C=O) groups is 1. The highest BCUT2D eigenvalue weighted by Crippen LogP contribution is 2.18. The zero-order chi connectivity index (χ0) is 13.5. The fourth-order valence-electron chi connectivity index (χ4n) is 1.50. The first kappa shape index (κ1) is 15.1. The van der Waals surface area contributed by atoms with Gasteiger partial charge < -0.3 is 15.0 Å². The molecule has 6 heteroatoms. The van der Waals surface area contributed by atoms with Crippen molar-refractivity contribution in [3.05, 3.63) is 15.6 Å². The maximum absolute atomic E-state index is 11.9. The van der Waals surface area contributed by atoms with E-state index in [0.717, 1.165) is 23.7 Å². The van der Waals surface area contributed by atoms with Gasteiger partial charge in [0.25, 0.3) is 5.91 Å². The van der Waals surface area contributed by atoms with E-state index in [1.54, 1.807) is 7.11 Å². The maximum atomic E-state index is 11.9. The number of hydrogen-bond acceptors (Lipinski definition) is 5. The van der Waals surface area contributed by atoms with E-state index in [-0.39, 0.29) is 5.91 Å². The topological polar surface area (TPSA) is 54.5 Å². The Morgan fingerprint density at radius 1 is 1.50 bits per heavy atom. The van der Waals surface area contributed by atoms with E-state index in [1.807, 2.05) is 25.9 Å². The molecule has 0 aromatic carbocycles. The second-order valence-electron chi connectivity index (χ2n) is 4.36. The second kappa shape index (κ2) is 7.45. The van der Waals surface area contributed by atoms with Crippen molar-refractivity contribution in [2.75, 3.05) is 34.4 Å². The van der Waals surface area contributed by atoms with E-state index >= 15 is 0 Å². The van der Waals surface area contributed by atoms with Gasteiger partial charge in [-0.05, 0) is 27.4 Å². The van der Waals surface area contributed by atoms with Crippen molar-refractivity contribution in [3.8, 4) is 0 Å². The van der Waals surface area contributed by atoms with Crippen LogP contribution in [0.4, 0.5) is 0 Å². The van der Waals surface area contributed by atoms with Crippen molar-refractivity contribution in [1.82, 2.24) is 15.2 Å². The Kier molecular flexibility index (Phi) is 6.24. The number of carbonyl (C=O) groups excluding carboxylic acids is 1. The summed E-state index contributed by atoms with van der Waals surface area (Å²) in [7, 11) is 5.63. The summed E-state index contributed by atoms with van der Waals surface area (Å²) in [6.45, 7) is 3.93. The summed E-state index contributed by atoms with van der Waals surface area (Å²) < 4.78 is 4.93. The molecule has 1 rings (SSSR count). The summed E-state index contributed by atoms with van der Waals surface area (Å²) in [6.07, 6.45) is 0.824. The van der Waals surface area contributed by atoms with Gasteiger partial charge in [0.1, 0.15) is 9.88 Å². The third-order valence-corrected chi connectivity index (χ3v) is 3.45. The van der Waals surface area contributed by atoms with Crippen molar-refractivity contribution in [2.45, 2.75) is 19.9 Å². The Morgan fingerprint density at radius 2 is 2.22 bits per heavy atom. The number of aromatic nitrogens is 1.